The van der Waals surface area contributed by atoms with Gasteiger partial charge in [0, 0.05) is 55.0 Å². The van der Waals surface area contributed by atoms with Crippen molar-refractivity contribution in [3.8, 4) is 67.5 Å². The molecule has 0 N–H and O–H groups in total. The van der Waals surface area contributed by atoms with Crippen molar-refractivity contribution >= 4 is 43.6 Å². The first-order chi connectivity index (χ1) is 32.0. The third-order valence-corrected chi connectivity index (χ3v) is 13.7. The highest BCUT2D eigenvalue weighted by molar-refractivity contribution is 6.13. The fraction of sp³-hybridized carbons (Fsp3) is 0.0492. The largest absolute Gasteiger partial charge is 0.309 e. The molecule has 13 rings (SSSR count). The normalized spacial score (nSPS) is 12.9. The molecule has 4 nitrogen and oxygen atoms in total. The lowest BCUT2D eigenvalue weighted by Gasteiger charge is -2.22. The van der Waals surface area contributed by atoms with Crippen LogP contribution in [0.1, 0.15) is 25.0 Å². The number of aromatic nitrogens is 4. The van der Waals surface area contributed by atoms with E-state index in [4.69, 9.17) is 9.97 Å². The van der Waals surface area contributed by atoms with Gasteiger partial charge in [0.2, 0.25) is 0 Å². The van der Waals surface area contributed by atoms with Crippen LogP contribution in [0.4, 0.5) is 0 Å². The van der Waals surface area contributed by atoms with Crippen molar-refractivity contribution in [1.82, 2.24) is 19.1 Å². The second-order valence-corrected chi connectivity index (χ2v) is 17.8. The Bertz CT molecular complexity index is 3780. The van der Waals surface area contributed by atoms with E-state index < -0.39 is 0 Å². The average molecular weight is 831 g/mol. The zero-order chi connectivity index (χ0) is 43.2. The lowest BCUT2D eigenvalue weighted by Crippen LogP contribution is -2.15. The maximum atomic E-state index is 5.18. The predicted molar refractivity (Wildman–Crippen MR) is 270 cm³/mol. The van der Waals surface area contributed by atoms with Gasteiger partial charge in [0.15, 0.2) is 5.82 Å². The molecule has 65 heavy (non-hydrogen) atoms. The molecule has 0 saturated heterocycles. The molecule has 1 aliphatic carbocycles. The molecule has 9 aromatic carbocycles. The predicted octanol–water partition coefficient (Wildman–Crippen LogP) is 15.6. The first-order valence-corrected chi connectivity index (χ1v) is 22.4. The second kappa shape index (κ2) is 14.3. The van der Waals surface area contributed by atoms with Gasteiger partial charge in [-0.05, 0) is 106 Å². The van der Waals surface area contributed by atoms with Gasteiger partial charge in [-0.2, -0.15) is 0 Å². The molecule has 0 unspecified atom stereocenters. The number of benzene rings is 9. The van der Waals surface area contributed by atoms with Crippen LogP contribution in [0.25, 0.3) is 111 Å². The minimum Gasteiger partial charge on any atom is -0.309 e. The van der Waals surface area contributed by atoms with E-state index in [1.165, 1.54) is 82.7 Å². The fourth-order valence-electron chi connectivity index (χ4n) is 10.5. The Balaban J connectivity index is 0.913. The van der Waals surface area contributed by atoms with Crippen molar-refractivity contribution < 1.29 is 0 Å². The fourth-order valence-corrected chi connectivity index (χ4v) is 10.5. The number of para-hydroxylation sites is 3. The Morgan fingerprint density at radius 1 is 0.323 bits per heavy atom. The van der Waals surface area contributed by atoms with Gasteiger partial charge in [-0.15, -0.1) is 0 Å². The molecule has 0 amide bonds. The highest BCUT2D eigenvalue weighted by atomic mass is 15.0. The summed E-state index contributed by atoms with van der Waals surface area (Å²) in [6.45, 7) is 4.70. The second-order valence-electron chi connectivity index (χ2n) is 17.8. The van der Waals surface area contributed by atoms with Gasteiger partial charge < -0.3 is 9.13 Å². The van der Waals surface area contributed by atoms with E-state index in [1.54, 1.807) is 0 Å². The highest BCUT2D eigenvalue weighted by Gasteiger charge is 2.36. The average Bonchev–Trinajstić information content (AvgIpc) is 3.96. The first-order valence-electron chi connectivity index (χ1n) is 22.4. The number of hydrogen-bond donors (Lipinski definition) is 0. The molecule has 4 heteroatoms. The van der Waals surface area contributed by atoms with Crippen LogP contribution in [0.15, 0.2) is 218 Å². The SMILES string of the molecule is CC1(C)c2ccc(-n3c4ccccc4c4cc(-c5ccc6c(c5)c5ccccc5n6-c5ccccc5)ccc43)cc2-c2ccc(-c3cc(-c4ccccc4)nc(-c4ccccc4)n3)cc21. The summed E-state index contributed by atoms with van der Waals surface area (Å²) < 4.78 is 4.82. The van der Waals surface area contributed by atoms with Crippen molar-refractivity contribution in [2.45, 2.75) is 19.3 Å². The summed E-state index contributed by atoms with van der Waals surface area (Å²) >= 11 is 0. The topological polar surface area (TPSA) is 35.6 Å². The summed E-state index contributed by atoms with van der Waals surface area (Å²) in [6, 6.07) is 79.0. The zero-order valence-corrected chi connectivity index (χ0v) is 36.1. The van der Waals surface area contributed by atoms with Crippen LogP contribution in [0, 0.1) is 0 Å². The van der Waals surface area contributed by atoms with E-state index in [0.29, 0.717) is 0 Å². The summed E-state index contributed by atoms with van der Waals surface area (Å²) in [5.41, 5.74) is 19.5. The molecular weight excluding hydrogens is 789 g/mol. The Morgan fingerprint density at radius 3 is 1.46 bits per heavy atom. The summed E-state index contributed by atoms with van der Waals surface area (Å²) in [5, 5.41) is 4.99. The quantitative estimate of drug-likeness (QED) is 0.167. The summed E-state index contributed by atoms with van der Waals surface area (Å²) in [7, 11) is 0. The van der Waals surface area contributed by atoms with Crippen LogP contribution < -0.4 is 0 Å². The molecule has 0 saturated carbocycles. The zero-order valence-electron chi connectivity index (χ0n) is 36.1. The maximum Gasteiger partial charge on any atom is 0.160 e. The van der Waals surface area contributed by atoms with E-state index in [1.807, 2.05) is 24.3 Å². The van der Waals surface area contributed by atoms with Gasteiger partial charge in [0.25, 0.3) is 0 Å². The Morgan fingerprint density at radius 2 is 0.831 bits per heavy atom. The first kappa shape index (κ1) is 37.2. The van der Waals surface area contributed by atoms with Crippen LogP contribution in [-0.4, -0.2) is 19.1 Å². The molecule has 306 valence electrons. The molecule has 3 heterocycles. The van der Waals surface area contributed by atoms with Crippen molar-refractivity contribution in [3.05, 3.63) is 230 Å². The van der Waals surface area contributed by atoms with E-state index in [2.05, 4.69) is 217 Å². The number of fused-ring (bicyclic) bond motifs is 9. The summed E-state index contributed by atoms with van der Waals surface area (Å²) in [4.78, 5) is 10.2. The molecule has 0 bridgehead atoms. The monoisotopic (exact) mass is 830 g/mol. The van der Waals surface area contributed by atoms with Crippen molar-refractivity contribution in [3.63, 3.8) is 0 Å². The minimum atomic E-state index is -0.207. The standard InChI is InChI=1S/C61H42N4/c1-61(2)52-31-29-45(37-49(52)46-30-26-43(36-53(46)61)55-38-54(39-16-6-3-7-17-39)62-60(63-55)40-18-8-4-9-19-40)65-57-25-15-13-23-48(57)51-35-42(28-33-59(51)65)41-27-32-58-50(34-41)47-22-12-14-24-56(47)64(58)44-20-10-5-11-21-44/h3-38H,1-2H3. The van der Waals surface area contributed by atoms with Gasteiger partial charge >= 0.3 is 0 Å². The van der Waals surface area contributed by atoms with Crippen LogP contribution in [0.2, 0.25) is 0 Å². The Hall–Kier alpha value is -8.34. The highest BCUT2D eigenvalue weighted by Crippen LogP contribution is 2.51. The molecule has 1 aliphatic rings. The summed E-state index contributed by atoms with van der Waals surface area (Å²) in [5.74, 6) is 0.723. The van der Waals surface area contributed by atoms with Crippen LogP contribution >= 0.6 is 0 Å². The van der Waals surface area contributed by atoms with Crippen molar-refractivity contribution in [1.29, 1.82) is 0 Å². The minimum absolute atomic E-state index is 0.207. The Labute approximate surface area is 377 Å². The van der Waals surface area contributed by atoms with Crippen LogP contribution in [0.5, 0.6) is 0 Å². The third-order valence-electron chi connectivity index (χ3n) is 13.7. The number of hydrogen-bond acceptors (Lipinski definition) is 2. The van der Waals surface area contributed by atoms with E-state index >= 15 is 0 Å². The van der Waals surface area contributed by atoms with Crippen LogP contribution in [-0.2, 0) is 5.41 Å². The lowest BCUT2D eigenvalue weighted by atomic mass is 9.82. The lowest BCUT2D eigenvalue weighted by molar-refractivity contribution is 0.660. The molecule has 0 fully saturated rings. The van der Waals surface area contributed by atoms with Gasteiger partial charge in [0.05, 0.1) is 33.5 Å². The maximum absolute atomic E-state index is 5.18. The molecule has 3 aromatic heterocycles. The van der Waals surface area contributed by atoms with Gasteiger partial charge in [-0.25, -0.2) is 9.97 Å². The van der Waals surface area contributed by atoms with Crippen LogP contribution in [0.3, 0.4) is 0 Å². The van der Waals surface area contributed by atoms with E-state index in [0.717, 1.165) is 39.6 Å². The van der Waals surface area contributed by atoms with E-state index in [-0.39, 0.29) is 5.41 Å². The van der Waals surface area contributed by atoms with Crippen molar-refractivity contribution in [2.75, 3.05) is 0 Å². The third kappa shape index (κ3) is 5.84. The molecular formula is C61H42N4. The molecule has 0 spiro atoms. The molecule has 12 aromatic rings. The van der Waals surface area contributed by atoms with Gasteiger partial charge in [0.1, 0.15) is 0 Å². The Kier molecular flexibility index (Phi) is 8.22. The molecule has 0 atom stereocenters. The smallest absolute Gasteiger partial charge is 0.160 e. The molecule has 0 aliphatic heterocycles. The van der Waals surface area contributed by atoms with E-state index in [9.17, 15) is 0 Å². The molecule has 0 radical (unpaired) electrons. The number of nitrogens with zero attached hydrogens (tertiary/aromatic N) is 4. The van der Waals surface area contributed by atoms with Gasteiger partial charge in [-0.3, -0.25) is 0 Å². The van der Waals surface area contributed by atoms with Gasteiger partial charge in [-0.1, -0.05) is 159 Å². The number of rotatable bonds is 6. The summed E-state index contributed by atoms with van der Waals surface area (Å²) in [6.07, 6.45) is 0. The van der Waals surface area contributed by atoms with Crippen molar-refractivity contribution in [2.24, 2.45) is 0 Å².